The summed E-state index contributed by atoms with van der Waals surface area (Å²) in [6.45, 7) is 5.80. The fourth-order valence-electron chi connectivity index (χ4n) is 2.10. The second-order valence-corrected chi connectivity index (χ2v) is 5.99. The number of nitrogens with zero attached hydrogens (tertiary/aromatic N) is 2. The van der Waals surface area contributed by atoms with Crippen LogP contribution in [-0.4, -0.2) is 54.3 Å². The van der Waals surface area contributed by atoms with Gasteiger partial charge in [-0.1, -0.05) is 19.1 Å². The Labute approximate surface area is 145 Å². The molecular weight excluding hydrogens is 335 g/mol. The van der Waals surface area contributed by atoms with Gasteiger partial charge in [-0.05, 0) is 32.5 Å². The number of para-hydroxylation sites is 1. The Morgan fingerprint density at radius 1 is 1.16 bits per heavy atom. The SMILES string of the molecule is CCN(CC(=O)Nc1ccccc1C(F)(F)F)CC(=O)N(C)C(C)C. The van der Waals surface area contributed by atoms with Crippen molar-refractivity contribution in [2.75, 3.05) is 32.0 Å². The molecule has 0 fully saturated rings. The summed E-state index contributed by atoms with van der Waals surface area (Å²) in [5, 5.41) is 2.28. The van der Waals surface area contributed by atoms with Gasteiger partial charge in [0.05, 0.1) is 24.3 Å². The fraction of sp³-hybridized carbons (Fsp3) is 0.529. The number of nitrogens with one attached hydrogen (secondary N) is 1. The first kappa shape index (κ1) is 21.0. The Balaban J connectivity index is 2.74. The Kier molecular flexibility index (Phi) is 7.41. The van der Waals surface area contributed by atoms with Gasteiger partial charge in [0.1, 0.15) is 0 Å². The van der Waals surface area contributed by atoms with Gasteiger partial charge in [0.2, 0.25) is 11.8 Å². The summed E-state index contributed by atoms with van der Waals surface area (Å²) < 4.78 is 38.9. The summed E-state index contributed by atoms with van der Waals surface area (Å²) >= 11 is 0. The summed E-state index contributed by atoms with van der Waals surface area (Å²) in [6, 6.07) is 4.82. The molecule has 0 saturated heterocycles. The molecule has 0 aromatic heterocycles. The van der Waals surface area contributed by atoms with E-state index in [1.807, 2.05) is 13.8 Å². The maximum atomic E-state index is 13.0. The molecule has 0 atom stereocenters. The van der Waals surface area contributed by atoms with E-state index in [0.717, 1.165) is 6.07 Å². The first-order valence-corrected chi connectivity index (χ1v) is 8.00. The second-order valence-electron chi connectivity index (χ2n) is 5.99. The number of hydrogen-bond acceptors (Lipinski definition) is 3. The van der Waals surface area contributed by atoms with Crippen LogP contribution in [0.5, 0.6) is 0 Å². The third-order valence-electron chi connectivity index (χ3n) is 3.85. The number of halogens is 3. The third kappa shape index (κ3) is 6.38. The standard InChI is InChI=1S/C17H24F3N3O2/c1-5-23(11-16(25)22(4)12(2)3)10-15(24)21-14-9-7-6-8-13(14)17(18,19)20/h6-9,12H,5,10-11H2,1-4H3,(H,21,24). The molecule has 8 heteroatoms. The summed E-state index contributed by atoms with van der Waals surface area (Å²) in [7, 11) is 1.67. The van der Waals surface area contributed by atoms with Crippen LogP contribution in [0.3, 0.4) is 0 Å². The van der Waals surface area contributed by atoms with Crippen molar-refractivity contribution >= 4 is 17.5 Å². The molecule has 1 rings (SSSR count). The van der Waals surface area contributed by atoms with E-state index in [9.17, 15) is 22.8 Å². The Bertz CT molecular complexity index is 603. The predicted molar refractivity (Wildman–Crippen MR) is 90.1 cm³/mol. The molecule has 0 aliphatic heterocycles. The maximum Gasteiger partial charge on any atom is 0.418 e. The number of anilines is 1. The van der Waals surface area contributed by atoms with Crippen LogP contribution in [0.4, 0.5) is 18.9 Å². The van der Waals surface area contributed by atoms with Crippen molar-refractivity contribution < 1.29 is 22.8 Å². The summed E-state index contributed by atoms with van der Waals surface area (Å²) in [5.74, 6) is -0.751. The van der Waals surface area contributed by atoms with Crippen molar-refractivity contribution in [3.8, 4) is 0 Å². The molecule has 1 aromatic carbocycles. The van der Waals surface area contributed by atoms with Crippen LogP contribution in [-0.2, 0) is 15.8 Å². The van der Waals surface area contributed by atoms with E-state index < -0.39 is 17.6 Å². The van der Waals surface area contributed by atoms with E-state index in [4.69, 9.17) is 0 Å². The van der Waals surface area contributed by atoms with Crippen molar-refractivity contribution in [3.05, 3.63) is 29.8 Å². The zero-order chi connectivity index (χ0) is 19.2. The lowest BCUT2D eigenvalue weighted by Gasteiger charge is -2.26. The number of amides is 2. The lowest BCUT2D eigenvalue weighted by molar-refractivity contribution is -0.137. The molecule has 140 valence electrons. The molecule has 0 bridgehead atoms. The van der Waals surface area contributed by atoms with Gasteiger partial charge in [0.15, 0.2) is 0 Å². The van der Waals surface area contributed by atoms with Gasteiger partial charge >= 0.3 is 6.18 Å². The summed E-state index contributed by atoms with van der Waals surface area (Å²) in [6.07, 6.45) is -4.55. The van der Waals surface area contributed by atoms with Gasteiger partial charge in [-0.25, -0.2) is 0 Å². The molecule has 0 unspecified atom stereocenters. The average molecular weight is 359 g/mol. The van der Waals surface area contributed by atoms with E-state index in [-0.39, 0.29) is 30.7 Å². The molecule has 0 aliphatic rings. The van der Waals surface area contributed by atoms with Crippen LogP contribution in [0, 0.1) is 0 Å². The van der Waals surface area contributed by atoms with E-state index >= 15 is 0 Å². The summed E-state index contributed by atoms with van der Waals surface area (Å²) in [5.41, 5.74) is -1.19. The number of hydrogen-bond donors (Lipinski definition) is 1. The normalized spacial score (nSPS) is 11.7. The van der Waals surface area contributed by atoms with E-state index in [0.29, 0.717) is 6.54 Å². The monoisotopic (exact) mass is 359 g/mol. The number of carbonyl (C=O) groups is 2. The average Bonchev–Trinajstić information content (AvgIpc) is 2.52. The smallest absolute Gasteiger partial charge is 0.342 e. The lowest BCUT2D eigenvalue weighted by atomic mass is 10.1. The first-order chi connectivity index (χ1) is 11.6. The number of alkyl halides is 3. The van der Waals surface area contributed by atoms with Crippen molar-refractivity contribution in [3.63, 3.8) is 0 Å². The number of benzene rings is 1. The maximum absolute atomic E-state index is 13.0. The largest absolute Gasteiger partial charge is 0.418 e. The molecule has 25 heavy (non-hydrogen) atoms. The van der Waals surface area contributed by atoms with Crippen LogP contribution in [0.2, 0.25) is 0 Å². The fourth-order valence-corrected chi connectivity index (χ4v) is 2.10. The Hall–Kier alpha value is -2.09. The van der Waals surface area contributed by atoms with Gasteiger partial charge in [0, 0.05) is 13.1 Å². The highest BCUT2D eigenvalue weighted by molar-refractivity contribution is 5.93. The molecule has 2 amide bonds. The highest BCUT2D eigenvalue weighted by Crippen LogP contribution is 2.34. The van der Waals surface area contributed by atoms with Crippen molar-refractivity contribution in [1.29, 1.82) is 0 Å². The first-order valence-electron chi connectivity index (χ1n) is 8.00. The molecule has 0 saturated carbocycles. The van der Waals surface area contributed by atoms with Crippen LogP contribution in [0.1, 0.15) is 26.3 Å². The molecule has 0 heterocycles. The molecule has 0 spiro atoms. The topological polar surface area (TPSA) is 52.7 Å². The quantitative estimate of drug-likeness (QED) is 0.815. The number of carbonyl (C=O) groups excluding carboxylic acids is 2. The number of rotatable bonds is 7. The Morgan fingerprint density at radius 2 is 1.76 bits per heavy atom. The third-order valence-corrected chi connectivity index (χ3v) is 3.85. The van der Waals surface area contributed by atoms with Crippen LogP contribution < -0.4 is 5.32 Å². The van der Waals surface area contributed by atoms with E-state index in [2.05, 4.69) is 5.32 Å². The van der Waals surface area contributed by atoms with Crippen LogP contribution in [0.15, 0.2) is 24.3 Å². The Morgan fingerprint density at radius 3 is 2.28 bits per heavy atom. The zero-order valence-corrected chi connectivity index (χ0v) is 14.9. The van der Waals surface area contributed by atoms with E-state index in [1.54, 1.807) is 23.8 Å². The minimum atomic E-state index is -4.55. The van der Waals surface area contributed by atoms with Crippen molar-refractivity contribution in [2.24, 2.45) is 0 Å². The molecular formula is C17H24F3N3O2. The summed E-state index contributed by atoms with van der Waals surface area (Å²) in [4.78, 5) is 27.3. The predicted octanol–water partition coefficient (Wildman–Crippen LogP) is 2.83. The molecule has 1 aromatic rings. The highest BCUT2D eigenvalue weighted by Gasteiger charge is 2.33. The second kappa shape index (κ2) is 8.84. The highest BCUT2D eigenvalue weighted by atomic mass is 19.4. The lowest BCUT2D eigenvalue weighted by Crippen LogP contribution is -2.43. The van der Waals surface area contributed by atoms with Gasteiger partial charge < -0.3 is 10.2 Å². The van der Waals surface area contributed by atoms with Crippen LogP contribution in [0.25, 0.3) is 0 Å². The molecule has 1 N–H and O–H groups in total. The van der Waals surface area contributed by atoms with Crippen molar-refractivity contribution in [1.82, 2.24) is 9.80 Å². The van der Waals surface area contributed by atoms with E-state index in [1.165, 1.54) is 18.2 Å². The zero-order valence-electron chi connectivity index (χ0n) is 14.9. The van der Waals surface area contributed by atoms with Crippen LogP contribution >= 0.6 is 0 Å². The minimum absolute atomic E-state index is 0.0266. The molecule has 0 radical (unpaired) electrons. The molecule has 0 aliphatic carbocycles. The van der Waals surface area contributed by atoms with Gasteiger partial charge in [-0.2, -0.15) is 13.2 Å². The molecule has 5 nitrogen and oxygen atoms in total. The van der Waals surface area contributed by atoms with Gasteiger partial charge in [0.25, 0.3) is 0 Å². The number of likely N-dealkylation sites (N-methyl/N-ethyl adjacent to an activating group) is 2. The van der Waals surface area contributed by atoms with Crippen molar-refractivity contribution in [2.45, 2.75) is 33.0 Å². The minimum Gasteiger partial charge on any atom is -0.342 e. The van der Waals surface area contributed by atoms with Gasteiger partial charge in [-0.15, -0.1) is 0 Å². The van der Waals surface area contributed by atoms with Gasteiger partial charge in [-0.3, -0.25) is 14.5 Å².